The van der Waals surface area contributed by atoms with Crippen LogP contribution in [0.4, 0.5) is 8.78 Å². The van der Waals surface area contributed by atoms with Crippen LogP contribution in [0.15, 0.2) is 22.6 Å². The Labute approximate surface area is 131 Å². The highest BCUT2D eigenvalue weighted by molar-refractivity contribution is 5.56. The molecule has 3 rings (SSSR count). The van der Waals surface area contributed by atoms with E-state index < -0.39 is 6.55 Å². The molecule has 0 N–H and O–H groups in total. The van der Waals surface area contributed by atoms with Gasteiger partial charge in [-0.15, -0.1) is 5.10 Å². The topological polar surface area (TPSA) is 61.7 Å². The first-order valence-electron chi connectivity index (χ1n) is 7.25. The number of hydrogen-bond donors (Lipinski definition) is 0. The average Bonchev–Trinajstić information content (AvgIpc) is 3.15. The Morgan fingerprint density at radius 1 is 1.09 bits per heavy atom. The lowest BCUT2D eigenvalue weighted by atomic mass is 10.3. The van der Waals surface area contributed by atoms with E-state index >= 15 is 0 Å². The first kappa shape index (κ1) is 15.4. The molecule has 0 radical (unpaired) electrons. The number of aromatic nitrogens is 5. The highest BCUT2D eigenvalue weighted by Crippen LogP contribution is 2.27. The standard InChI is InChI=1S/C15H17F2N5O/c1-8(2)21-14(11-7-9(3)22(19-11)15(16)17)18-13(20-21)12-6-5-10(4)23-12/h5-8,15H,1-4H3. The van der Waals surface area contributed by atoms with Crippen LogP contribution in [-0.4, -0.2) is 24.5 Å². The van der Waals surface area contributed by atoms with Crippen molar-refractivity contribution in [2.75, 3.05) is 0 Å². The van der Waals surface area contributed by atoms with Crippen molar-refractivity contribution in [1.29, 1.82) is 0 Å². The first-order chi connectivity index (χ1) is 10.9. The Kier molecular flexibility index (Phi) is 3.75. The van der Waals surface area contributed by atoms with Crippen LogP contribution in [0.2, 0.25) is 0 Å². The molecule has 0 aliphatic heterocycles. The van der Waals surface area contributed by atoms with Gasteiger partial charge in [-0.05, 0) is 45.9 Å². The zero-order valence-electron chi connectivity index (χ0n) is 13.3. The van der Waals surface area contributed by atoms with Crippen LogP contribution in [0, 0.1) is 13.8 Å². The second-order valence-corrected chi connectivity index (χ2v) is 5.60. The quantitative estimate of drug-likeness (QED) is 0.729. The molecule has 0 aromatic carbocycles. The fourth-order valence-corrected chi connectivity index (χ4v) is 2.31. The summed E-state index contributed by atoms with van der Waals surface area (Å²) in [5, 5.41) is 8.38. The molecule has 3 aromatic heterocycles. The van der Waals surface area contributed by atoms with Crippen LogP contribution in [0.3, 0.4) is 0 Å². The lowest BCUT2D eigenvalue weighted by molar-refractivity contribution is 0.0546. The van der Waals surface area contributed by atoms with E-state index in [1.807, 2.05) is 26.8 Å². The van der Waals surface area contributed by atoms with E-state index in [1.165, 1.54) is 0 Å². The second-order valence-electron chi connectivity index (χ2n) is 5.60. The van der Waals surface area contributed by atoms with E-state index in [-0.39, 0.29) is 6.04 Å². The van der Waals surface area contributed by atoms with Gasteiger partial charge in [0.25, 0.3) is 0 Å². The van der Waals surface area contributed by atoms with E-state index in [9.17, 15) is 8.78 Å². The van der Waals surface area contributed by atoms with Crippen LogP contribution in [0.5, 0.6) is 0 Å². The van der Waals surface area contributed by atoms with Gasteiger partial charge in [-0.2, -0.15) is 13.9 Å². The van der Waals surface area contributed by atoms with E-state index in [4.69, 9.17) is 4.42 Å². The van der Waals surface area contributed by atoms with Crippen molar-refractivity contribution in [3.63, 3.8) is 0 Å². The van der Waals surface area contributed by atoms with Crippen molar-refractivity contribution < 1.29 is 13.2 Å². The molecule has 0 spiro atoms. The van der Waals surface area contributed by atoms with E-state index in [0.717, 1.165) is 5.76 Å². The van der Waals surface area contributed by atoms with Crippen molar-refractivity contribution in [3.05, 3.63) is 29.7 Å². The van der Waals surface area contributed by atoms with E-state index in [1.54, 1.807) is 23.7 Å². The molecular formula is C15H17F2N5O. The molecule has 8 heteroatoms. The van der Waals surface area contributed by atoms with Gasteiger partial charge in [-0.1, -0.05) is 0 Å². The van der Waals surface area contributed by atoms with Crippen LogP contribution in [0.1, 0.15) is 37.9 Å². The van der Waals surface area contributed by atoms with Gasteiger partial charge in [0.2, 0.25) is 5.82 Å². The maximum Gasteiger partial charge on any atom is 0.333 e. The third-order valence-electron chi connectivity index (χ3n) is 3.42. The zero-order valence-corrected chi connectivity index (χ0v) is 13.3. The third-order valence-corrected chi connectivity index (χ3v) is 3.42. The molecule has 3 aromatic rings. The minimum absolute atomic E-state index is 0.000634. The minimum Gasteiger partial charge on any atom is -0.458 e. The predicted molar refractivity (Wildman–Crippen MR) is 80.1 cm³/mol. The summed E-state index contributed by atoms with van der Waals surface area (Å²) in [4.78, 5) is 4.44. The minimum atomic E-state index is -2.69. The van der Waals surface area contributed by atoms with Crippen LogP contribution in [-0.2, 0) is 0 Å². The van der Waals surface area contributed by atoms with Gasteiger partial charge >= 0.3 is 6.55 Å². The van der Waals surface area contributed by atoms with Crippen LogP contribution >= 0.6 is 0 Å². The predicted octanol–water partition coefficient (Wildman–Crippen LogP) is 3.99. The monoisotopic (exact) mass is 321 g/mol. The average molecular weight is 321 g/mol. The Morgan fingerprint density at radius 2 is 1.83 bits per heavy atom. The van der Waals surface area contributed by atoms with Gasteiger partial charge in [0.05, 0.1) is 0 Å². The molecule has 0 aliphatic rings. The van der Waals surface area contributed by atoms with Gasteiger partial charge < -0.3 is 4.42 Å². The van der Waals surface area contributed by atoms with Gasteiger partial charge in [0, 0.05) is 11.7 Å². The molecule has 122 valence electrons. The summed E-state index contributed by atoms with van der Waals surface area (Å²) in [5.74, 6) is 2.13. The highest BCUT2D eigenvalue weighted by Gasteiger charge is 2.21. The van der Waals surface area contributed by atoms with E-state index in [0.29, 0.717) is 33.5 Å². The maximum atomic E-state index is 12.9. The molecule has 0 bridgehead atoms. The Morgan fingerprint density at radius 3 is 2.35 bits per heavy atom. The molecule has 0 aliphatic carbocycles. The molecule has 6 nitrogen and oxygen atoms in total. The summed E-state index contributed by atoms with van der Waals surface area (Å²) < 4.78 is 33.7. The SMILES string of the molecule is Cc1ccc(-c2nc(-c3cc(C)n(C(F)F)n3)n(C(C)C)n2)o1. The summed E-state index contributed by atoms with van der Waals surface area (Å²) in [6.45, 7) is 4.59. The number of halogens is 2. The molecule has 0 atom stereocenters. The maximum absolute atomic E-state index is 12.9. The molecule has 3 heterocycles. The largest absolute Gasteiger partial charge is 0.458 e. The summed E-state index contributed by atoms with van der Waals surface area (Å²) >= 11 is 0. The second kappa shape index (κ2) is 5.60. The Balaban J connectivity index is 2.11. The van der Waals surface area contributed by atoms with Crippen molar-refractivity contribution >= 4 is 0 Å². The van der Waals surface area contributed by atoms with Crippen molar-refractivity contribution in [2.45, 2.75) is 40.3 Å². The van der Waals surface area contributed by atoms with Gasteiger partial charge in [-0.25, -0.2) is 14.3 Å². The lowest BCUT2D eigenvalue weighted by Gasteiger charge is -2.07. The summed E-state index contributed by atoms with van der Waals surface area (Å²) in [7, 11) is 0. The van der Waals surface area contributed by atoms with Gasteiger partial charge in [-0.3, -0.25) is 0 Å². The van der Waals surface area contributed by atoms with Crippen LogP contribution in [0.25, 0.3) is 23.1 Å². The van der Waals surface area contributed by atoms with Crippen LogP contribution < -0.4 is 0 Å². The van der Waals surface area contributed by atoms with Gasteiger partial charge in [0.15, 0.2) is 11.6 Å². The summed E-state index contributed by atoms with van der Waals surface area (Å²) in [6, 6.07) is 5.18. The molecule has 0 unspecified atom stereocenters. The highest BCUT2D eigenvalue weighted by atomic mass is 19.3. The summed E-state index contributed by atoms with van der Waals surface area (Å²) in [5.41, 5.74) is 0.724. The Bertz CT molecular complexity index is 831. The molecule has 0 saturated heterocycles. The fourth-order valence-electron chi connectivity index (χ4n) is 2.31. The summed E-state index contributed by atoms with van der Waals surface area (Å²) in [6.07, 6.45) is 0. The number of aryl methyl sites for hydroxylation is 2. The molecular weight excluding hydrogens is 304 g/mol. The number of furan rings is 1. The Hall–Kier alpha value is -2.51. The smallest absolute Gasteiger partial charge is 0.333 e. The molecule has 0 saturated carbocycles. The third kappa shape index (κ3) is 2.76. The fraction of sp³-hybridized carbons (Fsp3) is 0.400. The van der Waals surface area contributed by atoms with Crippen molar-refractivity contribution in [1.82, 2.24) is 24.5 Å². The van der Waals surface area contributed by atoms with Gasteiger partial charge in [0.1, 0.15) is 11.5 Å². The number of rotatable bonds is 4. The molecule has 0 amide bonds. The normalized spacial score (nSPS) is 11.8. The van der Waals surface area contributed by atoms with Crippen molar-refractivity contribution in [3.8, 4) is 23.1 Å². The number of nitrogens with zero attached hydrogens (tertiary/aromatic N) is 5. The first-order valence-corrected chi connectivity index (χ1v) is 7.25. The lowest BCUT2D eigenvalue weighted by Crippen LogP contribution is -2.06. The number of alkyl halides is 2. The van der Waals surface area contributed by atoms with Crippen molar-refractivity contribution in [2.24, 2.45) is 0 Å². The van der Waals surface area contributed by atoms with E-state index in [2.05, 4.69) is 15.2 Å². The zero-order chi connectivity index (χ0) is 16.7. The molecule has 0 fully saturated rings. The molecule has 23 heavy (non-hydrogen) atoms. The number of hydrogen-bond acceptors (Lipinski definition) is 4.